The molecule has 1 rings (SSSR count). The molecule has 0 aliphatic carbocycles. The van der Waals surface area contributed by atoms with Crippen LogP contribution >= 0.6 is 27.5 Å². The molecule has 0 spiro atoms. The summed E-state index contributed by atoms with van der Waals surface area (Å²) in [7, 11) is -2.91. The van der Waals surface area contributed by atoms with Gasteiger partial charge in [0.2, 0.25) is 0 Å². The van der Waals surface area contributed by atoms with Crippen LogP contribution in [0.2, 0.25) is 5.02 Å². The van der Waals surface area contributed by atoms with E-state index in [0.29, 0.717) is 23.8 Å². The number of rotatable bonds is 5. The molecule has 0 heterocycles. The van der Waals surface area contributed by atoms with Gasteiger partial charge in [0.15, 0.2) is 0 Å². The molecule has 0 aliphatic rings. The Bertz CT molecular complexity index is 459. The molecule has 0 aliphatic heterocycles. The van der Waals surface area contributed by atoms with E-state index in [2.05, 4.69) is 15.9 Å². The summed E-state index contributed by atoms with van der Waals surface area (Å²) in [6.45, 7) is 0.366. The molecule has 0 unspecified atom stereocenters. The van der Waals surface area contributed by atoms with Crippen molar-refractivity contribution in [3.63, 3.8) is 0 Å². The summed E-state index contributed by atoms with van der Waals surface area (Å²) in [5, 5.41) is 0.570. The zero-order valence-electron chi connectivity index (χ0n) is 8.74. The summed E-state index contributed by atoms with van der Waals surface area (Å²) in [4.78, 5) is 0. The van der Waals surface area contributed by atoms with Crippen molar-refractivity contribution >= 4 is 37.4 Å². The van der Waals surface area contributed by atoms with Crippen molar-refractivity contribution in [3.8, 4) is 5.75 Å². The number of halogens is 2. The summed E-state index contributed by atoms with van der Waals surface area (Å²) in [6, 6.07) is 5.25. The van der Waals surface area contributed by atoms with E-state index in [4.69, 9.17) is 16.3 Å². The van der Waals surface area contributed by atoms with Crippen LogP contribution in [0.15, 0.2) is 22.7 Å². The van der Waals surface area contributed by atoms with Crippen molar-refractivity contribution in [1.29, 1.82) is 0 Å². The lowest BCUT2D eigenvalue weighted by atomic mass is 10.3. The first kappa shape index (κ1) is 13.8. The van der Waals surface area contributed by atoms with Gasteiger partial charge < -0.3 is 4.74 Å². The average molecular weight is 328 g/mol. The number of hydrogen-bond acceptors (Lipinski definition) is 3. The van der Waals surface area contributed by atoms with Crippen LogP contribution in [0.1, 0.15) is 6.42 Å². The molecule has 90 valence electrons. The van der Waals surface area contributed by atoms with E-state index >= 15 is 0 Å². The lowest BCUT2D eigenvalue weighted by Gasteiger charge is -2.06. The summed E-state index contributed by atoms with van der Waals surface area (Å²) < 4.78 is 27.9. The van der Waals surface area contributed by atoms with Crippen LogP contribution in [0.5, 0.6) is 5.75 Å². The van der Waals surface area contributed by atoms with Gasteiger partial charge >= 0.3 is 0 Å². The standard InChI is InChI=1S/C10H12BrClO3S/c1-16(13,14)6-2-5-15-8-3-4-9(11)10(12)7-8/h3-4,7H,2,5-6H2,1H3. The highest BCUT2D eigenvalue weighted by molar-refractivity contribution is 9.10. The Hall–Kier alpha value is -0.260. The summed E-state index contributed by atoms with van der Waals surface area (Å²) in [5.74, 6) is 0.777. The van der Waals surface area contributed by atoms with Gasteiger partial charge in [-0.2, -0.15) is 0 Å². The first-order chi connectivity index (χ1) is 7.38. The van der Waals surface area contributed by atoms with Crippen LogP contribution in [0, 0.1) is 0 Å². The molecule has 0 radical (unpaired) electrons. The van der Waals surface area contributed by atoms with Gasteiger partial charge in [-0.25, -0.2) is 8.42 Å². The largest absolute Gasteiger partial charge is 0.494 e. The minimum Gasteiger partial charge on any atom is -0.494 e. The Labute approximate surface area is 109 Å². The highest BCUT2D eigenvalue weighted by Crippen LogP contribution is 2.26. The molecule has 0 aromatic heterocycles. The first-order valence-corrected chi connectivity index (χ1v) is 7.87. The van der Waals surface area contributed by atoms with E-state index < -0.39 is 9.84 Å². The number of sulfone groups is 1. The van der Waals surface area contributed by atoms with Crippen LogP contribution < -0.4 is 4.74 Å². The predicted octanol–water partition coefficient (Wildman–Crippen LogP) is 2.92. The smallest absolute Gasteiger partial charge is 0.147 e. The Morgan fingerprint density at radius 2 is 2.12 bits per heavy atom. The summed E-state index contributed by atoms with van der Waals surface area (Å²) >= 11 is 9.15. The summed E-state index contributed by atoms with van der Waals surface area (Å²) in [5.41, 5.74) is 0. The Kier molecular flexibility index (Phi) is 5.08. The van der Waals surface area contributed by atoms with E-state index in [1.807, 2.05) is 0 Å². The Morgan fingerprint density at radius 1 is 1.44 bits per heavy atom. The molecule has 0 saturated carbocycles. The van der Waals surface area contributed by atoms with Gasteiger partial charge in [-0.15, -0.1) is 0 Å². The van der Waals surface area contributed by atoms with Crippen molar-refractivity contribution in [2.24, 2.45) is 0 Å². The highest BCUT2D eigenvalue weighted by atomic mass is 79.9. The molecule has 1 aromatic carbocycles. The fourth-order valence-corrected chi connectivity index (χ4v) is 2.14. The van der Waals surface area contributed by atoms with Gasteiger partial charge in [-0.1, -0.05) is 11.6 Å². The molecule has 3 nitrogen and oxygen atoms in total. The molecule has 0 saturated heterocycles. The van der Waals surface area contributed by atoms with Crippen molar-refractivity contribution < 1.29 is 13.2 Å². The fraction of sp³-hybridized carbons (Fsp3) is 0.400. The molecule has 0 amide bonds. The van der Waals surface area contributed by atoms with E-state index in [9.17, 15) is 8.42 Å². The second kappa shape index (κ2) is 5.89. The maximum absolute atomic E-state index is 10.9. The Morgan fingerprint density at radius 3 is 2.69 bits per heavy atom. The maximum atomic E-state index is 10.9. The minimum atomic E-state index is -2.91. The highest BCUT2D eigenvalue weighted by Gasteiger charge is 2.03. The van der Waals surface area contributed by atoms with Gasteiger partial charge in [-0.05, 0) is 40.5 Å². The maximum Gasteiger partial charge on any atom is 0.147 e. The molecule has 0 N–H and O–H groups in total. The van der Waals surface area contributed by atoms with Crippen LogP contribution in [-0.4, -0.2) is 27.0 Å². The molecular formula is C10H12BrClO3S. The van der Waals surface area contributed by atoms with E-state index in [-0.39, 0.29) is 5.75 Å². The van der Waals surface area contributed by atoms with Crippen molar-refractivity contribution in [1.82, 2.24) is 0 Å². The van der Waals surface area contributed by atoms with Crippen molar-refractivity contribution in [2.45, 2.75) is 6.42 Å². The van der Waals surface area contributed by atoms with E-state index in [1.54, 1.807) is 18.2 Å². The number of hydrogen-bond donors (Lipinski definition) is 0. The Balaban J connectivity index is 2.41. The van der Waals surface area contributed by atoms with Gasteiger partial charge in [0.05, 0.1) is 17.4 Å². The van der Waals surface area contributed by atoms with Crippen molar-refractivity contribution in [3.05, 3.63) is 27.7 Å². The van der Waals surface area contributed by atoms with Crippen LogP contribution in [0.3, 0.4) is 0 Å². The monoisotopic (exact) mass is 326 g/mol. The van der Waals surface area contributed by atoms with Gasteiger partial charge in [0, 0.05) is 10.7 Å². The molecule has 16 heavy (non-hydrogen) atoms. The van der Waals surface area contributed by atoms with Crippen LogP contribution in [0.4, 0.5) is 0 Å². The third-order valence-electron chi connectivity index (χ3n) is 1.82. The minimum absolute atomic E-state index is 0.136. The zero-order valence-corrected chi connectivity index (χ0v) is 11.9. The van der Waals surface area contributed by atoms with Crippen LogP contribution in [-0.2, 0) is 9.84 Å². The molecular weight excluding hydrogens is 316 g/mol. The number of benzene rings is 1. The summed E-state index contributed by atoms with van der Waals surface area (Å²) in [6.07, 6.45) is 1.69. The van der Waals surface area contributed by atoms with Crippen molar-refractivity contribution in [2.75, 3.05) is 18.6 Å². The molecule has 0 atom stereocenters. The lowest BCUT2D eigenvalue weighted by molar-refractivity contribution is 0.317. The van der Waals surface area contributed by atoms with E-state index in [0.717, 1.165) is 4.47 Å². The fourth-order valence-electron chi connectivity index (χ4n) is 1.08. The van der Waals surface area contributed by atoms with Gasteiger partial charge in [0.1, 0.15) is 15.6 Å². The lowest BCUT2D eigenvalue weighted by Crippen LogP contribution is -2.07. The van der Waals surface area contributed by atoms with Gasteiger partial charge in [0.25, 0.3) is 0 Å². The van der Waals surface area contributed by atoms with Gasteiger partial charge in [-0.3, -0.25) is 0 Å². The molecule has 1 aromatic rings. The molecule has 6 heteroatoms. The normalized spacial score (nSPS) is 11.4. The second-order valence-electron chi connectivity index (χ2n) is 3.41. The number of ether oxygens (including phenoxy) is 1. The average Bonchev–Trinajstić information content (AvgIpc) is 2.17. The first-order valence-electron chi connectivity index (χ1n) is 4.64. The quantitative estimate of drug-likeness (QED) is 0.781. The second-order valence-corrected chi connectivity index (χ2v) is 6.93. The zero-order chi connectivity index (χ0) is 12.2. The molecule has 0 bridgehead atoms. The third kappa shape index (κ3) is 5.18. The SMILES string of the molecule is CS(=O)(=O)CCCOc1ccc(Br)c(Cl)c1. The van der Waals surface area contributed by atoms with Crippen LogP contribution in [0.25, 0.3) is 0 Å². The molecule has 0 fully saturated rings. The third-order valence-corrected chi connectivity index (χ3v) is 4.08. The topological polar surface area (TPSA) is 43.4 Å². The predicted molar refractivity (Wildman–Crippen MR) is 69.0 cm³/mol. The van der Waals surface area contributed by atoms with E-state index in [1.165, 1.54) is 6.26 Å².